The Hall–Kier alpha value is -0.820. The lowest BCUT2D eigenvalue weighted by molar-refractivity contribution is 0.268. The van der Waals surface area contributed by atoms with E-state index in [2.05, 4.69) is 30.3 Å². The van der Waals surface area contributed by atoms with Crippen LogP contribution in [0.25, 0.3) is 0 Å². The van der Waals surface area contributed by atoms with Crippen LogP contribution in [0.2, 0.25) is 0 Å². The van der Waals surface area contributed by atoms with Gasteiger partial charge in [0.1, 0.15) is 0 Å². The molecule has 0 heterocycles. The average Bonchev–Trinajstić information content (AvgIpc) is 3.01. The Labute approximate surface area is 111 Å². The van der Waals surface area contributed by atoms with Gasteiger partial charge < -0.3 is 5.73 Å². The minimum Gasteiger partial charge on any atom is -0.330 e. The summed E-state index contributed by atoms with van der Waals surface area (Å²) in [4.78, 5) is 0. The Morgan fingerprint density at radius 3 is 2.56 bits per heavy atom. The van der Waals surface area contributed by atoms with E-state index in [0.717, 1.165) is 24.3 Å². The summed E-state index contributed by atoms with van der Waals surface area (Å²) in [5, 5.41) is 0. The first-order valence-corrected chi connectivity index (χ1v) is 7.59. The van der Waals surface area contributed by atoms with Gasteiger partial charge in [-0.3, -0.25) is 0 Å². The predicted molar refractivity (Wildman–Crippen MR) is 76.2 cm³/mol. The van der Waals surface area contributed by atoms with Gasteiger partial charge in [0.05, 0.1) is 0 Å². The first-order chi connectivity index (χ1) is 8.85. The molecule has 0 amide bonds. The maximum Gasteiger partial charge on any atom is -0.00456 e. The summed E-state index contributed by atoms with van der Waals surface area (Å²) >= 11 is 0. The van der Waals surface area contributed by atoms with Crippen LogP contribution in [0.4, 0.5) is 0 Å². The minimum atomic E-state index is 0.691. The topological polar surface area (TPSA) is 26.0 Å². The van der Waals surface area contributed by atoms with Crippen molar-refractivity contribution >= 4 is 0 Å². The molecule has 1 aromatic carbocycles. The van der Waals surface area contributed by atoms with Crippen LogP contribution in [0.3, 0.4) is 0 Å². The van der Waals surface area contributed by atoms with E-state index in [0.29, 0.717) is 5.92 Å². The van der Waals surface area contributed by atoms with Gasteiger partial charge in [-0.05, 0) is 67.9 Å². The fourth-order valence-corrected chi connectivity index (χ4v) is 4.30. The van der Waals surface area contributed by atoms with E-state index in [-0.39, 0.29) is 0 Å². The summed E-state index contributed by atoms with van der Waals surface area (Å²) in [5.74, 6) is 3.78. The summed E-state index contributed by atoms with van der Waals surface area (Å²) in [6, 6.07) is 10.9. The van der Waals surface area contributed by atoms with Crippen molar-refractivity contribution in [1.29, 1.82) is 0 Å². The summed E-state index contributed by atoms with van der Waals surface area (Å²) in [6.07, 6.45) is 8.56. The molecule has 2 fully saturated rings. The largest absolute Gasteiger partial charge is 0.330 e. The number of nitrogens with two attached hydrogens (primary N) is 1. The summed E-state index contributed by atoms with van der Waals surface area (Å²) in [5.41, 5.74) is 7.45. The van der Waals surface area contributed by atoms with Gasteiger partial charge in [0, 0.05) is 0 Å². The quantitative estimate of drug-likeness (QED) is 0.839. The zero-order chi connectivity index (χ0) is 12.4. The Kier molecular flexibility index (Phi) is 3.69. The molecule has 1 nitrogen and oxygen atoms in total. The molecule has 2 aliphatic carbocycles. The molecule has 1 heteroatoms. The molecular weight excluding hydrogens is 218 g/mol. The minimum absolute atomic E-state index is 0.691. The predicted octanol–water partition coefficient (Wildman–Crippen LogP) is 3.63. The van der Waals surface area contributed by atoms with Crippen LogP contribution < -0.4 is 5.73 Å². The molecule has 0 aromatic heterocycles. The summed E-state index contributed by atoms with van der Waals surface area (Å²) < 4.78 is 0. The van der Waals surface area contributed by atoms with Crippen molar-refractivity contribution in [3.8, 4) is 0 Å². The molecule has 2 bridgehead atoms. The highest BCUT2D eigenvalue weighted by Crippen LogP contribution is 2.50. The zero-order valence-electron chi connectivity index (χ0n) is 11.2. The molecule has 0 spiro atoms. The number of hydrogen-bond acceptors (Lipinski definition) is 1. The zero-order valence-corrected chi connectivity index (χ0v) is 11.2. The van der Waals surface area contributed by atoms with Crippen molar-refractivity contribution in [2.24, 2.45) is 29.4 Å². The fraction of sp³-hybridized carbons (Fsp3) is 0.647. The van der Waals surface area contributed by atoms with Gasteiger partial charge in [0.15, 0.2) is 0 Å². The van der Waals surface area contributed by atoms with Crippen molar-refractivity contribution in [2.45, 2.75) is 38.5 Å². The molecule has 4 unspecified atom stereocenters. The average molecular weight is 243 g/mol. The standard InChI is InChI=1S/C17H25N/c18-12-15(8-13-4-2-1-3-5-13)11-17-10-14-6-7-16(17)9-14/h1-5,14-17H,6-12,18H2. The van der Waals surface area contributed by atoms with Gasteiger partial charge in [-0.1, -0.05) is 36.8 Å². The van der Waals surface area contributed by atoms with Gasteiger partial charge in [-0.15, -0.1) is 0 Å². The Balaban J connectivity index is 1.56. The second-order valence-corrected chi connectivity index (χ2v) is 6.46. The number of rotatable bonds is 5. The Morgan fingerprint density at radius 2 is 1.94 bits per heavy atom. The van der Waals surface area contributed by atoms with Crippen molar-refractivity contribution in [3.05, 3.63) is 35.9 Å². The van der Waals surface area contributed by atoms with E-state index < -0.39 is 0 Å². The molecule has 0 aliphatic heterocycles. The smallest absolute Gasteiger partial charge is 0.00456 e. The van der Waals surface area contributed by atoms with Crippen molar-refractivity contribution in [2.75, 3.05) is 6.54 Å². The molecule has 3 rings (SSSR count). The van der Waals surface area contributed by atoms with Crippen LogP contribution in [0.1, 0.15) is 37.7 Å². The molecule has 2 aliphatic rings. The molecule has 0 saturated heterocycles. The van der Waals surface area contributed by atoms with Gasteiger partial charge in [-0.2, -0.15) is 0 Å². The van der Waals surface area contributed by atoms with Crippen LogP contribution in [-0.4, -0.2) is 6.54 Å². The fourth-order valence-electron chi connectivity index (χ4n) is 4.30. The monoisotopic (exact) mass is 243 g/mol. The van der Waals surface area contributed by atoms with E-state index in [1.165, 1.54) is 44.1 Å². The van der Waals surface area contributed by atoms with Crippen LogP contribution >= 0.6 is 0 Å². The normalized spacial score (nSPS) is 31.7. The van der Waals surface area contributed by atoms with E-state index in [1.54, 1.807) is 0 Å². The van der Waals surface area contributed by atoms with Gasteiger partial charge >= 0.3 is 0 Å². The molecule has 2 saturated carbocycles. The van der Waals surface area contributed by atoms with Crippen LogP contribution in [-0.2, 0) is 6.42 Å². The molecule has 0 radical (unpaired) electrons. The van der Waals surface area contributed by atoms with Crippen molar-refractivity contribution < 1.29 is 0 Å². The molecular formula is C17H25N. The molecule has 18 heavy (non-hydrogen) atoms. The first-order valence-electron chi connectivity index (χ1n) is 7.59. The molecule has 98 valence electrons. The van der Waals surface area contributed by atoms with Crippen LogP contribution in [0.5, 0.6) is 0 Å². The number of benzene rings is 1. The lowest BCUT2D eigenvalue weighted by atomic mass is 9.80. The lowest BCUT2D eigenvalue weighted by Crippen LogP contribution is -2.23. The molecule has 2 N–H and O–H groups in total. The molecule has 1 aromatic rings. The third-order valence-electron chi connectivity index (χ3n) is 5.22. The second kappa shape index (κ2) is 5.44. The SMILES string of the molecule is NCC(Cc1ccccc1)CC1CC2CCC1C2. The van der Waals surface area contributed by atoms with E-state index in [1.807, 2.05) is 0 Å². The first kappa shape index (κ1) is 12.2. The maximum atomic E-state index is 6.00. The highest BCUT2D eigenvalue weighted by Gasteiger charge is 2.39. The lowest BCUT2D eigenvalue weighted by Gasteiger charge is -2.26. The highest BCUT2D eigenvalue weighted by molar-refractivity contribution is 5.15. The highest BCUT2D eigenvalue weighted by atomic mass is 14.6. The van der Waals surface area contributed by atoms with Gasteiger partial charge in [-0.25, -0.2) is 0 Å². The molecule has 4 atom stereocenters. The second-order valence-electron chi connectivity index (χ2n) is 6.46. The Morgan fingerprint density at radius 1 is 1.11 bits per heavy atom. The number of hydrogen-bond donors (Lipinski definition) is 1. The van der Waals surface area contributed by atoms with E-state index in [9.17, 15) is 0 Å². The van der Waals surface area contributed by atoms with Crippen LogP contribution in [0, 0.1) is 23.7 Å². The van der Waals surface area contributed by atoms with E-state index >= 15 is 0 Å². The van der Waals surface area contributed by atoms with Crippen molar-refractivity contribution in [3.63, 3.8) is 0 Å². The van der Waals surface area contributed by atoms with E-state index in [4.69, 9.17) is 5.73 Å². The number of fused-ring (bicyclic) bond motifs is 2. The third-order valence-corrected chi connectivity index (χ3v) is 5.22. The summed E-state index contributed by atoms with van der Waals surface area (Å²) in [7, 11) is 0. The van der Waals surface area contributed by atoms with Gasteiger partial charge in [0.25, 0.3) is 0 Å². The summed E-state index contributed by atoms with van der Waals surface area (Å²) in [6.45, 7) is 0.850. The maximum absolute atomic E-state index is 6.00. The van der Waals surface area contributed by atoms with Crippen molar-refractivity contribution in [1.82, 2.24) is 0 Å². The van der Waals surface area contributed by atoms with Gasteiger partial charge in [0.2, 0.25) is 0 Å². The third kappa shape index (κ3) is 2.61. The van der Waals surface area contributed by atoms with Crippen LogP contribution in [0.15, 0.2) is 30.3 Å². The Bertz CT molecular complexity index is 372.